The lowest BCUT2D eigenvalue weighted by atomic mass is 10.0. The largest absolute Gasteiger partial charge is 0.417 e. The number of rotatable bonds is 1. The van der Waals surface area contributed by atoms with Crippen LogP contribution in [0.1, 0.15) is 16.1 Å². The van der Waals surface area contributed by atoms with Gasteiger partial charge in [0, 0.05) is 22.3 Å². The summed E-state index contributed by atoms with van der Waals surface area (Å²) in [6.07, 6.45) is -2.71. The van der Waals surface area contributed by atoms with Gasteiger partial charge in [-0.15, -0.1) is 11.3 Å². The van der Waals surface area contributed by atoms with Crippen LogP contribution in [0.3, 0.4) is 0 Å². The normalized spacial score (nSPS) is 12.2. The number of hydrogen-bond donors (Lipinski definition) is 0. The van der Waals surface area contributed by atoms with Gasteiger partial charge >= 0.3 is 6.18 Å². The standard InChI is InChI=1S/C14H11F3N2S/c1-8-9(2)20-13-18-12(7-19(8)13)10-5-3-4-6-11(10)14(15,16)17/h3-7H,1-2H3. The Morgan fingerprint density at radius 2 is 1.85 bits per heavy atom. The molecule has 0 fully saturated rings. The van der Waals surface area contributed by atoms with Gasteiger partial charge in [0.2, 0.25) is 0 Å². The van der Waals surface area contributed by atoms with Gasteiger partial charge < -0.3 is 0 Å². The van der Waals surface area contributed by atoms with E-state index in [1.165, 1.54) is 23.5 Å². The smallest absolute Gasteiger partial charge is 0.294 e. The lowest BCUT2D eigenvalue weighted by Crippen LogP contribution is -2.06. The molecule has 0 aliphatic carbocycles. The van der Waals surface area contributed by atoms with Crippen molar-refractivity contribution in [2.45, 2.75) is 20.0 Å². The highest BCUT2D eigenvalue weighted by atomic mass is 32.1. The molecule has 20 heavy (non-hydrogen) atoms. The second-order valence-corrected chi connectivity index (χ2v) is 5.75. The van der Waals surface area contributed by atoms with Crippen molar-refractivity contribution in [3.8, 4) is 11.3 Å². The number of imidazole rings is 1. The van der Waals surface area contributed by atoms with Gasteiger partial charge in [0.1, 0.15) is 0 Å². The van der Waals surface area contributed by atoms with Gasteiger partial charge in [-0.3, -0.25) is 4.40 Å². The first-order valence-electron chi connectivity index (χ1n) is 5.99. The van der Waals surface area contributed by atoms with Crippen LogP contribution in [0.15, 0.2) is 30.5 Å². The van der Waals surface area contributed by atoms with Gasteiger partial charge in [-0.1, -0.05) is 18.2 Å². The Balaban J connectivity index is 2.21. The molecule has 2 aromatic heterocycles. The molecule has 0 unspecified atom stereocenters. The highest BCUT2D eigenvalue weighted by molar-refractivity contribution is 7.17. The third-order valence-corrected chi connectivity index (χ3v) is 4.37. The van der Waals surface area contributed by atoms with Crippen molar-refractivity contribution >= 4 is 16.3 Å². The quantitative estimate of drug-likeness (QED) is 0.636. The van der Waals surface area contributed by atoms with Crippen molar-refractivity contribution in [1.29, 1.82) is 0 Å². The lowest BCUT2D eigenvalue weighted by Gasteiger charge is -2.10. The molecule has 0 saturated heterocycles. The van der Waals surface area contributed by atoms with Crippen molar-refractivity contribution in [3.63, 3.8) is 0 Å². The van der Waals surface area contributed by atoms with Crippen LogP contribution in [0.4, 0.5) is 13.2 Å². The summed E-state index contributed by atoms with van der Waals surface area (Å²) in [5.74, 6) is 0. The molecule has 3 aromatic rings. The Kier molecular flexibility index (Phi) is 2.86. The fourth-order valence-corrected chi connectivity index (χ4v) is 3.09. The predicted molar refractivity (Wildman–Crippen MR) is 73.0 cm³/mol. The number of nitrogens with zero attached hydrogens (tertiary/aromatic N) is 2. The van der Waals surface area contributed by atoms with Crippen LogP contribution >= 0.6 is 11.3 Å². The van der Waals surface area contributed by atoms with Gasteiger partial charge in [-0.25, -0.2) is 4.98 Å². The molecule has 0 amide bonds. The van der Waals surface area contributed by atoms with Gasteiger partial charge in [-0.05, 0) is 19.9 Å². The number of thiazole rings is 1. The van der Waals surface area contributed by atoms with Gasteiger partial charge in [0.05, 0.1) is 11.3 Å². The molecule has 0 bridgehead atoms. The molecule has 2 nitrogen and oxygen atoms in total. The Morgan fingerprint density at radius 1 is 1.15 bits per heavy atom. The monoisotopic (exact) mass is 296 g/mol. The third-order valence-electron chi connectivity index (χ3n) is 3.30. The number of aromatic nitrogens is 2. The van der Waals surface area contributed by atoms with E-state index in [4.69, 9.17) is 0 Å². The summed E-state index contributed by atoms with van der Waals surface area (Å²) >= 11 is 1.48. The van der Waals surface area contributed by atoms with Gasteiger partial charge in [0.25, 0.3) is 0 Å². The van der Waals surface area contributed by atoms with E-state index in [1.54, 1.807) is 12.3 Å². The fraction of sp³-hybridized carbons (Fsp3) is 0.214. The zero-order valence-corrected chi connectivity index (χ0v) is 11.6. The molecule has 0 saturated carbocycles. The van der Waals surface area contributed by atoms with E-state index in [1.807, 2.05) is 18.2 Å². The zero-order chi connectivity index (χ0) is 14.5. The molecule has 2 heterocycles. The maximum absolute atomic E-state index is 13.0. The van der Waals surface area contributed by atoms with Gasteiger partial charge in [-0.2, -0.15) is 13.2 Å². The second-order valence-electron chi connectivity index (χ2n) is 4.57. The fourth-order valence-electron chi connectivity index (χ4n) is 2.14. The zero-order valence-electron chi connectivity index (χ0n) is 10.8. The Labute approximate surface area is 117 Å². The second kappa shape index (κ2) is 4.34. The van der Waals surface area contributed by atoms with Crippen LogP contribution in [0.25, 0.3) is 16.2 Å². The summed E-state index contributed by atoms with van der Waals surface area (Å²) in [5.41, 5.74) is 0.827. The van der Waals surface area contributed by atoms with Crippen LogP contribution in [-0.2, 0) is 6.18 Å². The topological polar surface area (TPSA) is 17.3 Å². The maximum Gasteiger partial charge on any atom is 0.417 e. The van der Waals surface area contributed by atoms with Crippen LogP contribution in [0.2, 0.25) is 0 Å². The van der Waals surface area contributed by atoms with Crippen molar-refractivity contribution in [3.05, 3.63) is 46.6 Å². The van der Waals surface area contributed by atoms with E-state index >= 15 is 0 Å². The number of aryl methyl sites for hydroxylation is 2. The predicted octanol–water partition coefficient (Wildman–Crippen LogP) is 4.70. The van der Waals surface area contributed by atoms with E-state index in [0.717, 1.165) is 16.6 Å². The molecule has 0 radical (unpaired) electrons. The first-order chi connectivity index (χ1) is 9.38. The molecule has 0 aliphatic heterocycles. The minimum absolute atomic E-state index is 0.118. The summed E-state index contributed by atoms with van der Waals surface area (Å²) in [6.45, 7) is 3.90. The molecule has 0 atom stereocenters. The highest BCUT2D eigenvalue weighted by Crippen LogP contribution is 2.37. The minimum Gasteiger partial charge on any atom is -0.294 e. The van der Waals surface area contributed by atoms with Crippen LogP contribution in [0, 0.1) is 13.8 Å². The molecular weight excluding hydrogens is 285 g/mol. The van der Waals surface area contributed by atoms with E-state index in [2.05, 4.69) is 4.98 Å². The Bertz CT molecular complexity index is 783. The summed E-state index contributed by atoms with van der Waals surface area (Å²) in [5, 5.41) is 0. The molecule has 0 aliphatic rings. The molecule has 0 spiro atoms. The molecule has 0 N–H and O–H groups in total. The molecule has 104 valence electrons. The van der Waals surface area contributed by atoms with Crippen molar-refractivity contribution < 1.29 is 13.2 Å². The number of fused-ring (bicyclic) bond motifs is 1. The van der Waals surface area contributed by atoms with Crippen molar-refractivity contribution in [2.75, 3.05) is 0 Å². The van der Waals surface area contributed by atoms with E-state index in [9.17, 15) is 13.2 Å². The van der Waals surface area contributed by atoms with E-state index in [-0.39, 0.29) is 5.56 Å². The number of alkyl halides is 3. The van der Waals surface area contributed by atoms with Crippen molar-refractivity contribution in [2.24, 2.45) is 0 Å². The SMILES string of the molecule is Cc1sc2nc(-c3ccccc3C(F)(F)F)cn2c1C. The first kappa shape index (κ1) is 13.2. The molecule has 3 rings (SSSR count). The third kappa shape index (κ3) is 2.00. The summed E-state index contributed by atoms with van der Waals surface area (Å²) < 4.78 is 40.9. The van der Waals surface area contributed by atoms with Crippen molar-refractivity contribution in [1.82, 2.24) is 9.38 Å². The maximum atomic E-state index is 13.0. The van der Waals surface area contributed by atoms with Gasteiger partial charge in [0.15, 0.2) is 4.96 Å². The molecular formula is C14H11F3N2S. The number of hydrogen-bond acceptors (Lipinski definition) is 2. The average Bonchev–Trinajstić information content (AvgIpc) is 2.90. The average molecular weight is 296 g/mol. The minimum atomic E-state index is -4.38. The van der Waals surface area contributed by atoms with E-state index in [0.29, 0.717) is 10.7 Å². The highest BCUT2D eigenvalue weighted by Gasteiger charge is 2.33. The molecule has 6 heteroatoms. The molecule has 1 aromatic carbocycles. The van der Waals surface area contributed by atoms with E-state index < -0.39 is 11.7 Å². The Morgan fingerprint density at radius 3 is 2.50 bits per heavy atom. The Hall–Kier alpha value is -1.82. The summed E-state index contributed by atoms with van der Waals surface area (Å²) in [4.78, 5) is 6.15. The lowest BCUT2D eigenvalue weighted by molar-refractivity contribution is -0.137. The summed E-state index contributed by atoms with van der Waals surface area (Å²) in [7, 11) is 0. The summed E-state index contributed by atoms with van der Waals surface area (Å²) in [6, 6.07) is 5.52. The van der Waals surface area contributed by atoms with Crippen LogP contribution < -0.4 is 0 Å². The number of halogens is 3. The number of benzene rings is 1. The van der Waals surface area contributed by atoms with Crippen LogP contribution in [0.5, 0.6) is 0 Å². The first-order valence-corrected chi connectivity index (χ1v) is 6.81. The van der Waals surface area contributed by atoms with Crippen LogP contribution in [-0.4, -0.2) is 9.38 Å².